The van der Waals surface area contributed by atoms with E-state index in [0.29, 0.717) is 37.9 Å². The first kappa shape index (κ1) is 33.1. The zero-order valence-corrected chi connectivity index (χ0v) is 25.5. The number of hydrogen-bond acceptors (Lipinski definition) is 7. The van der Waals surface area contributed by atoms with Crippen molar-refractivity contribution in [2.75, 3.05) is 13.1 Å². The first-order chi connectivity index (χ1) is 19.1. The minimum atomic E-state index is -3.80. The van der Waals surface area contributed by atoms with E-state index in [1.165, 1.54) is 10.4 Å². The van der Waals surface area contributed by atoms with Gasteiger partial charge in [0.2, 0.25) is 11.8 Å². The molecule has 2 N–H and O–H groups in total. The van der Waals surface area contributed by atoms with Crippen molar-refractivity contribution in [2.24, 2.45) is 4.36 Å². The fraction of sp³-hybridized carbons (Fsp3) is 0.750. The second-order valence-corrected chi connectivity index (χ2v) is 14.1. The summed E-state index contributed by atoms with van der Waals surface area (Å²) >= 11 is 0. The highest BCUT2D eigenvalue weighted by Crippen LogP contribution is 2.35. The van der Waals surface area contributed by atoms with Crippen molar-refractivity contribution in [3.8, 4) is 5.88 Å². The van der Waals surface area contributed by atoms with Crippen molar-refractivity contribution < 1.29 is 37.2 Å². The largest absolute Gasteiger partial charge is 0.480 e. The Bertz CT molecular complexity index is 1190. The number of carbonyl (C=O) groups is 2. The number of nitrogens with one attached hydrogen (secondary N) is 1. The van der Waals surface area contributed by atoms with Crippen LogP contribution in [-0.4, -0.2) is 73.5 Å². The van der Waals surface area contributed by atoms with Gasteiger partial charge in [0.15, 0.2) is 9.92 Å². The summed E-state index contributed by atoms with van der Waals surface area (Å²) in [7, 11) is -3.80. The number of amides is 1. The number of alkyl halides is 2. The van der Waals surface area contributed by atoms with Gasteiger partial charge in [0.1, 0.15) is 16.5 Å². The summed E-state index contributed by atoms with van der Waals surface area (Å²) in [6.45, 7) is 9.45. The molecule has 0 spiro atoms. The summed E-state index contributed by atoms with van der Waals surface area (Å²) in [4.78, 5) is 29.3. The molecule has 1 amide bonds. The Kier molecular flexibility index (Phi) is 11.1. The van der Waals surface area contributed by atoms with E-state index in [4.69, 9.17) is 9.47 Å². The molecule has 1 saturated heterocycles. The van der Waals surface area contributed by atoms with Crippen LogP contribution >= 0.6 is 0 Å². The van der Waals surface area contributed by atoms with Gasteiger partial charge in [-0.1, -0.05) is 0 Å². The van der Waals surface area contributed by atoms with Gasteiger partial charge in [-0.15, -0.1) is 4.36 Å². The van der Waals surface area contributed by atoms with Crippen molar-refractivity contribution in [2.45, 2.75) is 127 Å². The monoisotopic (exact) mass is 602 g/mol. The zero-order valence-electron chi connectivity index (χ0n) is 24.7. The highest BCUT2D eigenvalue weighted by molar-refractivity contribution is 7.91. The molecule has 3 atom stereocenters. The van der Waals surface area contributed by atoms with E-state index in [1.54, 1.807) is 33.8 Å². The van der Waals surface area contributed by atoms with Gasteiger partial charge in [0, 0.05) is 31.1 Å². The highest BCUT2D eigenvalue weighted by atomic mass is 32.2. The van der Waals surface area contributed by atoms with Crippen molar-refractivity contribution in [1.29, 1.82) is 0 Å². The molecule has 1 aliphatic heterocycles. The summed E-state index contributed by atoms with van der Waals surface area (Å²) in [5.74, 6) is -3.66. The van der Waals surface area contributed by atoms with Crippen LogP contribution in [0, 0.1) is 6.92 Å². The summed E-state index contributed by atoms with van der Waals surface area (Å²) in [5, 5.41) is 13.2. The van der Waals surface area contributed by atoms with Crippen LogP contribution in [0.2, 0.25) is 0 Å². The number of nitrogens with zero attached hydrogens (tertiary/aromatic N) is 3. The molecule has 0 aromatic carbocycles. The van der Waals surface area contributed by atoms with Crippen LogP contribution in [0.15, 0.2) is 21.4 Å². The van der Waals surface area contributed by atoms with Crippen LogP contribution in [0.3, 0.4) is 0 Å². The summed E-state index contributed by atoms with van der Waals surface area (Å²) in [6, 6.07) is 2.16. The lowest BCUT2D eigenvalue weighted by molar-refractivity contribution is -0.140. The van der Waals surface area contributed by atoms with Gasteiger partial charge in [0.25, 0.3) is 0 Å². The third kappa shape index (κ3) is 9.57. The lowest BCUT2D eigenvalue weighted by atomic mass is 9.92. The molecule has 232 valence electrons. The molecule has 0 bridgehead atoms. The molecular formula is C28H44F2N4O6S. The number of aromatic nitrogens is 1. The highest BCUT2D eigenvalue weighted by Gasteiger charge is 2.41. The molecule has 0 unspecified atom stereocenters. The quantitative estimate of drug-likeness (QED) is 0.308. The van der Waals surface area contributed by atoms with Crippen molar-refractivity contribution in [1.82, 2.24) is 14.6 Å². The second-order valence-electron chi connectivity index (χ2n) is 12.0. The average Bonchev–Trinajstić information content (AvgIpc) is 3.35. The number of halogens is 2. The normalized spacial score (nSPS) is 22.1. The van der Waals surface area contributed by atoms with Gasteiger partial charge in [-0.05, 0) is 98.2 Å². The first-order valence-electron chi connectivity index (χ1n) is 14.3. The summed E-state index contributed by atoms with van der Waals surface area (Å²) in [5.41, 5.74) is -0.303. The number of aryl methyl sites for hydroxylation is 1. The molecule has 1 aromatic heterocycles. The number of aliphatic carboxylic acids is 1. The molecular weight excluding hydrogens is 558 g/mol. The SMILES string of the molecule is Cc1ccc([S@](=O)(=NC(=O)OC(C)(C)C)N2CCC[C@H]2C(=O)O)c(O[C@H](C)CCCCNC2CCC(F)(F)CC2)n1. The van der Waals surface area contributed by atoms with Crippen LogP contribution < -0.4 is 10.1 Å². The summed E-state index contributed by atoms with van der Waals surface area (Å²) < 4.78 is 58.0. The van der Waals surface area contributed by atoms with Gasteiger partial charge in [-0.2, -0.15) is 4.31 Å². The molecule has 2 heterocycles. The molecule has 1 aliphatic carbocycles. The Labute approximate surface area is 241 Å². The molecule has 3 rings (SSSR count). The Morgan fingerprint density at radius 2 is 1.93 bits per heavy atom. The van der Waals surface area contributed by atoms with Gasteiger partial charge >= 0.3 is 12.1 Å². The number of carbonyl (C=O) groups excluding carboxylic acids is 1. The summed E-state index contributed by atoms with van der Waals surface area (Å²) in [6.07, 6.45) is 2.40. The van der Waals surface area contributed by atoms with Crippen molar-refractivity contribution in [3.05, 3.63) is 17.8 Å². The molecule has 10 nitrogen and oxygen atoms in total. The van der Waals surface area contributed by atoms with E-state index in [0.717, 1.165) is 12.8 Å². The molecule has 41 heavy (non-hydrogen) atoms. The third-order valence-corrected chi connectivity index (χ3v) is 9.50. The third-order valence-electron chi connectivity index (χ3n) is 7.15. The molecule has 1 aromatic rings. The van der Waals surface area contributed by atoms with E-state index in [9.17, 15) is 27.7 Å². The maximum atomic E-state index is 14.6. The second kappa shape index (κ2) is 13.7. The maximum Gasteiger partial charge on any atom is 0.443 e. The molecule has 1 saturated carbocycles. The van der Waals surface area contributed by atoms with E-state index in [1.807, 2.05) is 6.92 Å². The predicted molar refractivity (Wildman–Crippen MR) is 151 cm³/mol. The van der Waals surface area contributed by atoms with Crippen molar-refractivity contribution in [3.63, 3.8) is 0 Å². The van der Waals surface area contributed by atoms with Crippen LogP contribution in [0.25, 0.3) is 0 Å². The molecule has 2 aliphatic rings. The van der Waals surface area contributed by atoms with Gasteiger partial charge < -0.3 is 19.9 Å². The predicted octanol–water partition coefficient (Wildman–Crippen LogP) is 5.72. The van der Waals surface area contributed by atoms with Gasteiger partial charge in [-0.25, -0.2) is 22.8 Å². The minimum Gasteiger partial charge on any atom is -0.480 e. The number of rotatable bonds is 11. The Morgan fingerprint density at radius 3 is 2.56 bits per heavy atom. The van der Waals surface area contributed by atoms with E-state index in [2.05, 4.69) is 14.7 Å². The standard InChI is InChI=1S/C28H44F2N4O6S/c1-19-11-12-23(41(38,33-26(37)40-27(3,4)5)34-18-8-10-22(34)25(35)36)24(32-19)39-20(2)9-6-7-17-31-21-13-15-28(29,30)16-14-21/h11-12,20-22,31H,6-10,13-18H2,1-5H3,(H,35,36)/t20-,22+,41+/m1/s1. The van der Waals surface area contributed by atoms with Crippen LogP contribution in [0.4, 0.5) is 13.6 Å². The van der Waals surface area contributed by atoms with Crippen LogP contribution in [0.1, 0.15) is 91.2 Å². The topological polar surface area (TPSA) is 130 Å². The number of carboxylic acids is 1. The van der Waals surface area contributed by atoms with E-state index >= 15 is 0 Å². The maximum absolute atomic E-state index is 14.6. The number of hydrogen-bond donors (Lipinski definition) is 2. The Morgan fingerprint density at radius 1 is 1.24 bits per heavy atom. The Balaban J connectivity index is 1.74. The Hall–Kier alpha value is -2.38. The lowest BCUT2D eigenvalue weighted by Gasteiger charge is -2.29. The fourth-order valence-electron chi connectivity index (χ4n) is 5.06. The van der Waals surface area contributed by atoms with E-state index < -0.39 is 39.5 Å². The molecule has 0 radical (unpaired) electrons. The fourth-order valence-corrected chi connectivity index (χ4v) is 7.24. The van der Waals surface area contributed by atoms with E-state index in [-0.39, 0.29) is 48.7 Å². The van der Waals surface area contributed by atoms with Gasteiger partial charge in [-0.3, -0.25) is 4.79 Å². The smallest absolute Gasteiger partial charge is 0.443 e. The van der Waals surface area contributed by atoms with Gasteiger partial charge in [0.05, 0.1) is 6.10 Å². The number of carboxylic acid groups (broad SMARTS) is 1. The first-order valence-corrected chi connectivity index (χ1v) is 15.8. The molecule has 13 heteroatoms. The minimum absolute atomic E-state index is 0.0322. The average molecular weight is 603 g/mol. The van der Waals surface area contributed by atoms with Crippen LogP contribution in [-0.2, 0) is 19.4 Å². The zero-order chi connectivity index (χ0) is 30.4. The van der Waals surface area contributed by atoms with Crippen molar-refractivity contribution >= 4 is 22.0 Å². The number of pyridine rings is 1. The van der Waals surface area contributed by atoms with Crippen LogP contribution in [0.5, 0.6) is 5.88 Å². The lowest BCUT2D eigenvalue weighted by Crippen LogP contribution is -2.41. The number of unbranched alkanes of at least 4 members (excludes halogenated alkanes) is 1. The molecule has 2 fully saturated rings. The number of ether oxygens (including phenoxy) is 2.